The van der Waals surface area contributed by atoms with Crippen LogP contribution >= 0.6 is 12.2 Å². The molecule has 0 aliphatic rings. The van der Waals surface area contributed by atoms with Gasteiger partial charge in [-0.2, -0.15) is 0 Å². The van der Waals surface area contributed by atoms with Crippen LogP contribution in [0.5, 0.6) is 5.75 Å². The van der Waals surface area contributed by atoms with E-state index in [-0.39, 0.29) is 4.99 Å². The van der Waals surface area contributed by atoms with E-state index in [1.165, 1.54) is 7.11 Å². The van der Waals surface area contributed by atoms with Gasteiger partial charge in [0.1, 0.15) is 16.3 Å². The standard InChI is InChI=1S/C13H18N2O3S/c1-13(2,3)18-12(16)15-9-6-5-8(11(14)19)7-10(9)17-4/h5-7H,1-4H3,(H2,14,19)(H,15,16). The van der Waals surface area contributed by atoms with Gasteiger partial charge in [0.15, 0.2) is 0 Å². The molecule has 0 atom stereocenters. The molecule has 0 heterocycles. The zero-order valence-electron chi connectivity index (χ0n) is 11.4. The van der Waals surface area contributed by atoms with Crippen molar-refractivity contribution in [2.24, 2.45) is 5.73 Å². The number of anilines is 1. The fourth-order valence-corrected chi connectivity index (χ4v) is 1.49. The minimum atomic E-state index is -0.559. The van der Waals surface area contributed by atoms with Crippen LogP contribution in [0.1, 0.15) is 26.3 Å². The van der Waals surface area contributed by atoms with E-state index in [0.29, 0.717) is 17.0 Å². The SMILES string of the molecule is COc1cc(C(N)=S)ccc1NC(=O)OC(C)(C)C. The van der Waals surface area contributed by atoms with Crippen LogP contribution < -0.4 is 15.8 Å². The Balaban J connectivity index is 2.89. The number of amides is 1. The second-order valence-corrected chi connectivity index (χ2v) is 5.35. The van der Waals surface area contributed by atoms with Crippen molar-refractivity contribution in [2.75, 3.05) is 12.4 Å². The van der Waals surface area contributed by atoms with Crippen LogP contribution in [0.25, 0.3) is 0 Å². The summed E-state index contributed by atoms with van der Waals surface area (Å²) in [5, 5.41) is 2.61. The number of nitrogens with two attached hydrogens (primary N) is 1. The molecule has 1 aromatic rings. The molecule has 0 spiro atoms. The van der Waals surface area contributed by atoms with Crippen LogP contribution in [0.4, 0.5) is 10.5 Å². The van der Waals surface area contributed by atoms with Gasteiger partial charge in [-0.25, -0.2) is 4.79 Å². The van der Waals surface area contributed by atoms with Crippen molar-refractivity contribution < 1.29 is 14.3 Å². The van der Waals surface area contributed by atoms with E-state index in [2.05, 4.69) is 5.32 Å². The molecule has 3 N–H and O–H groups in total. The number of carbonyl (C=O) groups excluding carboxylic acids is 1. The molecule has 5 nitrogen and oxygen atoms in total. The molecular weight excluding hydrogens is 264 g/mol. The molecule has 0 saturated carbocycles. The van der Waals surface area contributed by atoms with E-state index in [9.17, 15) is 4.79 Å². The second kappa shape index (κ2) is 5.88. The zero-order valence-corrected chi connectivity index (χ0v) is 12.3. The van der Waals surface area contributed by atoms with Gasteiger partial charge in [-0.3, -0.25) is 5.32 Å². The lowest BCUT2D eigenvalue weighted by atomic mass is 10.2. The van der Waals surface area contributed by atoms with Gasteiger partial charge in [-0.15, -0.1) is 0 Å². The third kappa shape index (κ3) is 4.75. The van der Waals surface area contributed by atoms with E-state index in [1.807, 2.05) is 0 Å². The van der Waals surface area contributed by atoms with E-state index < -0.39 is 11.7 Å². The van der Waals surface area contributed by atoms with Crippen LogP contribution in [-0.2, 0) is 4.74 Å². The first kappa shape index (κ1) is 15.2. The van der Waals surface area contributed by atoms with Crippen LogP contribution in [-0.4, -0.2) is 23.8 Å². The number of rotatable bonds is 3. The minimum absolute atomic E-state index is 0.266. The highest BCUT2D eigenvalue weighted by Crippen LogP contribution is 2.26. The monoisotopic (exact) mass is 282 g/mol. The minimum Gasteiger partial charge on any atom is -0.495 e. The molecule has 0 radical (unpaired) electrons. The summed E-state index contributed by atoms with van der Waals surface area (Å²) in [5.41, 5.74) is 6.14. The molecule has 0 fully saturated rings. The fourth-order valence-electron chi connectivity index (χ4n) is 1.36. The Morgan fingerprint density at radius 2 is 2.00 bits per heavy atom. The predicted octanol–water partition coefficient (Wildman–Crippen LogP) is 2.68. The van der Waals surface area contributed by atoms with Gasteiger partial charge in [-0.05, 0) is 39.0 Å². The lowest BCUT2D eigenvalue weighted by Gasteiger charge is -2.20. The number of ether oxygens (including phenoxy) is 2. The number of methoxy groups -OCH3 is 1. The van der Waals surface area contributed by atoms with Gasteiger partial charge in [0.05, 0.1) is 12.8 Å². The molecule has 0 unspecified atom stereocenters. The van der Waals surface area contributed by atoms with Crippen molar-refractivity contribution in [1.29, 1.82) is 0 Å². The van der Waals surface area contributed by atoms with Crippen molar-refractivity contribution in [3.8, 4) is 5.75 Å². The first-order valence-corrected chi connectivity index (χ1v) is 6.11. The molecule has 0 bridgehead atoms. The van der Waals surface area contributed by atoms with E-state index in [4.69, 9.17) is 27.4 Å². The smallest absolute Gasteiger partial charge is 0.412 e. The average Bonchev–Trinajstić information content (AvgIpc) is 2.26. The summed E-state index contributed by atoms with van der Waals surface area (Å²) in [4.78, 5) is 11.9. The maximum Gasteiger partial charge on any atom is 0.412 e. The highest BCUT2D eigenvalue weighted by Gasteiger charge is 2.17. The maximum absolute atomic E-state index is 11.7. The average molecular weight is 282 g/mol. The summed E-state index contributed by atoms with van der Waals surface area (Å²) in [6, 6.07) is 5.03. The fraction of sp³-hybridized carbons (Fsp3) is 0.385. The first-order valence-electron chi connectivity index (χ1n) is 5.71. The lowest BCUT2D eigenvalue weighted by Crippen LogP contribution is -2.27. The molecule has 1 rings (SSSR count). The normalized spacial score (nSPS) is 10.7. The van der Waals surface area contributed by atoms with Gasteiger partial charge in [0.2, 0.25) is 0 Å². The molecule has 0 saturated heterocycles. The lowest BCUT2D eigenvalue weighted by molar-refractivity contribution is 0.0635. The van der Waals surface area contributed by atoms with E-state index >= 15 is 0 Å². The number of hydrogen-bond donors (Lipinski definition) is 2. The van der Waals surface area contributed by atoms with Gasteiger partial charge in [0.25, 0.3) is 0 Å². The Kier molecular flexibility index (Phi) is 4.72. The molecule has 6 heteroatoms. The number of carbonyl (C=O) groups is 1. The summed E-state index contributed by atoms with van der Waals surface area (Å²) < 4.78 is 10.3. The molecule has 0 aliphatic carbocycles. The Morgan fingerprint density at radius 1 is 1.37 bits per heavy atom. The summed E-state index contributed by atoms with van der Waals surface area (Å²) in [5.74, 6) is 0.469. The number of thiocarbonyl (C=S) groups is 1. The predicted molar refractivity (Wildman–Crippen MR) is 78.7 cm³/mol. The van der Waals surface area contributed by atoms with Crippen molar-refractivity contribution in [1.82, 2.24) is 0 Å². The van der Waals surface area contributed by atoms with E-state index in [1.54, 1.807) is 39.0 Å². The van der Waals surface area contributed by atoms with Gasteiger partial charge in [0, 0.05) is 5.56 Å². The summed E-state index contributed by atoms with van der Waals surface area (Å²) in [7, 11) is 1.50. The number of nitrogens with one attached hydrogen (secondary N) is 1. The van der Waals surface area contributed by atoms with E-state index in [0.717, 1.165) is 0 Å². The van der Waals surface area contributed by atoms with Crippen molar-refractivity contribution in [3.63, 3.8) is 0 Å². The van der Waals surface area contributed by atoms with Crippen LogP contribution in [0.3, 0.4) is 0 Å². The quantitative estimate of drug-likeness (QED) is 0.834. The highest BCUT2D eigenvalue weighted by molar-refractivity contribution is 7.80. The Labute approximate surface area is 118 Å². The van der Waals surface area contributed by atoms with Crippen LogP contribution in [0, 0.1) is 0 Å². The Morgan fingerprint density at radius 3 is 2.47 bits per heavy atom. The molecular formula is C13H18N2O3S. The summed E-state index contributed by atoms with van der Waals surface area (Å²) in [6.45, 7) is 5.37. The maximum atomic E-state index is 11.7. The summed E-state index contributed by atoms with van der Waals surface area (Å²) >= 11 is 4.88. The topological polar surface area (TPSA) is 73.6 Å². The zero-order chi connectivity index (χ0) is 14.6. The number of benzene rings is 1. The van der Waals surface area contributed by atoms with Gasteiger partial charge in [-0.1, -0.05) is 12.2 Å². The van der Waals surface area contributed by atoms with Gasteiger partial charge < -0.3 is 15.2 Å². The highest BCUT2D eigenvalue weighted by atomic mass is 32.1. The van der Waals surface area contributed by atoms with Gasteiger partial charge >= 0.3 is 6.09 Å². The molecule has 0 aromatic heterocycles. The third-order valence-corrected chi connectivity index (χ3v) is 2.36. The Hall–Kier alpha value is -1.82. The molecule has 1 aromatic carbocycles. The number of hydrogen-bond acceptors (Lipinski definition) is 4. The summed E-state index contributed by atoms with van der Waals surface area (Å²) in [6.07, 6.45) is -0.547. The molecule has 19 heavy (non-hydrogen) atoms. The second-order valence-electron chi connectivity index (χ2n) is 4.91. The Bertz CT molecular complexity index is 495. The van der Waals surface area contributed by atoms with Crippen molar-refractivity contribution in [2.45, 2.75) is 26.4 Å². The molecule has 0 aliphatic heterocycles. The van der Waals surface area contributed by atoms with Crippen molar-refractivity contribution >= 4 is 29.0 Å². The van der Waals surface area contributed by atoms with Crippen LogP contribution in [0.15, 0.2) is 18.2 Å². The largest absolute Gasteiger partial charge is 0.495 e. The third-order valence-electron chi connectivity index (χ3n) is 2.12. The molecule has 104 valence electrons. The first-order chi connectivity index (χ1) is 8.73. The molecule has 1 amide bonds. The van der Waals surface area contributed by atoms with Crippen LogP contribution in [0.2, 0.25) is 0 Å². The van der Waals surface area contributed by atoms with Crippen molar-refractivity contribution in [3.05, 3.63) is 23.8 Å².